The van der Waals surface area contributed by atoms with Crippen LogP contribution in [0.4, 0.5) is 0 Å². The first-order valence-electron chi connectivity index (χ1n) is 7.40. The van der Waals surface area contributed by atoms with E-state index in [-0.39, 0.29) is 0 Å². The Labute approximate surface area is 123 Å². The fourth-order valence-corrected chi connectivity index (χ4v) is 2.44. The molecule has 0 bridgehead atoms. The molecule has 0 aliphatic carbocycles. The predicted octanol–water partition coefficient (Wildman–Crippen LogP) is 5.34. The van der Waals surface area contributed by atoms with E-state index in [4.69, 9.17) is 11.6 Å². The lowest BCUT2D eigenvalue weighted by atomic mass is 9.87. The fraction of sp³-hybridized carbons (Fsp3) is 0.647. The van der Waals surface area contributed by atoms with Gasteiger partial charge in [-0.05, 0) is 36.0 Å². The molecule has 0 heterocycles. The molecule has 0 radical (unpaired) electrons. The molecule has 1 N–H and O–H groups in total. The number of aryl methyl sites for hydroxylation is 1. The second-order valence-corrected chi connectivity index (χ2v) is 6.72. The summed E-state index contributed by atoms with van der Waals surface area (Å²) in [6.07, 6.45) is 5.27. The molecule has 0 saturated heterocycles. The van der Waals surface area contributed by atoms with Gasteiger partial charge in [0.2, 0.25) is 0 Å². The molecule has 0 fully saturated rings. The summed E-state index contributed by atoms with van der Waals surface area (Å²) in [4.78, 5) is 0. The van der Waals surface area contributed by atoms with Crippen molar-refractivity contribution < 1.29 is 0 Å². The van der Waals surface area contributed by atoms with Gasteiger partial charge in [0, 0.05) is 18.1 Å². The van der Waals surface area contributed by atoms with Gasteiger partial charge in [0.1, 0.15) is 0 Å². The summed E-state index contributed by atoms with van der Waals surface area (Å²) in [5, 5.41) is 4.42. The van der Waals surface area contributed by atoms with Gasteiger partial charge in [0.15, 0.2) is 0 Å². The second-order valence-electron chi connectivity index (χ2n) is 6.31. The number of unbranched alkanes of at least 4 members (excludes halogenated alkanes) is 2. The third kappa shape index (κ3) is 6.44. The molecule has 0 aliphatic heterocycles. The number of benzene rings is 1. The average Bonchev–Trinajstić information content (AvgIpc) is 2.34. The molecule has 0 aliphatic rings. The molecule has 0 aromatic heterocycles. The summed E-state index contributed by atoms with van der Waals surface area (Å²) >= 11 is 6.14. The Hall–Kier alpha value is -0.530. The molecular weight excluding hydrogens is 254 g/mol. The number of rotatable bonds is 8. The number of hydrogen-bond acceptors (Lipinski definition) is 1. The normalized spacial score (nSPS) is 11.8. The number of halogens is 1. The van der Waals surface area contributed by atoms with Crippen LogP contribution in [0.2, 0.25) is 5.02 Å². The maximum absolute atomic E-state index is 6.14. The van der Waals surface area contributed by atoms with Crippen molar-refractivity contribution in [3.8, 4) is 0 Å². The molecule has 19 heavy (non-hydrogen) atoms. The van der Waals surface area contributed by atoms with Crippen LogP contribution in [-0.4, -0.2) is 6.54 Å². The van der Waals surface area contributed by atoms with Gasteiger partial charge < -0.3 is 5.32 Å². The highest BCUT2D eigenvalue weighted by molar-refractivity contribution is 6.31. The first-order chi connectivity index (χ1) is 8.94. The summed E-state index contributed by atoms with van der Waals surface area (Å²) in [6, 6.07) is 6.30. The topological polar surface area (TPSA) is 12.0 Å². The van der Waals surface area contributed by atoms with Gasteiger partial charge in [-0.1, -0.05) is 63.8 Å². The third-order valence-electron chi connectivity index (χ3n) is 3.63. The van der Waals surface area contributed by atoms with Crippen LogP contribution in [0.1, 0.15) is 57.6 Å². The lowest BCUT2D eigenvalue weighted by Crippen LogP contribution is -2.29. The zero-order valence-corrected chi connectivity index (χ0v) is 13.6. The van der Waals surface area contributed by atoms with Crippen molar-refractivity contribution >= 4 is 11.6 Å². The average molecular weight is 282 g/mol. The van der Waals surface area contributed by atoms with Crippen molar-refractivity contribution in [3.63, 3.8) is 0 Å². The second kappa shape index (κ2) is 7.91. The van der Waals surface area contributed by atoms with Crippen LogP contribution in [0, 0.1) is 12.3 Å². The van der Waals surface area contributed by atoms with Crippen LogP contribution in [0.15, 0.2) is 18.2 Å². The molecule has 108 valence electrons. The van der Waals surface area contributed by atoms with Crippen molar-refractivity contribution in [1.82, 2.24) is 5.32 Å². The molecule has 0 amide bonds. The Bertz CT molecular complexity index is 385. The first-order valence-corrected chi connectivity index (χ1v) is 7.78. The van der Waals surface area contributed by atoms with Crippen molar-refractivity contribution in [3.05, 3.63) is 34.3 Å². The Morgan fingerprint density at radius 3 is 2.58 bits per heavy atom. The molecule has 0 spiro atoms. The van der Waals surface area contributed by atoms with Crippen molar-refractivity contribution in [2.45, 2.75) is 59.9 Å². The van der Waals surface area contributed by atoms with Gasteiger partial charge in [0.05, 0.1) is 0 Å². The Morgan fingerprint density at radius 1 is 1.21 bits per heavy atom. The van der Waals surface area contributed by atoms with Crippen LogP contribution in [0.5, 0.6) is 0 Å². The highest BCUT2D eigenvalue weighted by Gasteiger charge is 2.16. The molecular formula is C17H28ClN. The summed E-state index contributed by atoms with van der Waals surface area (Å²) in [5.74, 6) is 0. The zero-order valence-electron chi connectivity index (χ0n) is 12.9. The molecule has 1 rings (SSSR count). The van der Waals surface area contributed by atoms with E-state index in [0.717, 1.165) is 23.7 Å². The van der Waals surface area contributed by atoms with Crippen molar-refractivity contribution in [2.24, 2.45) is 5.41 Å². The largest absolute Gasteiger partial charge is 0.312 e. The maximum Gasteiger partial charge on any atom is 0.0438 e. The molecule has 1 aromatic carbocycles. The molecule has 0 saturated carbocycles. The molecule has 0 unspecified atom stereocenters. The summed E-state index contributed by atoms with van der Waals surface area (Å²) in [6.45, 7) is 10.9. The monoisotopic (exact) mass is 281 g/mol. The van der Waals surface area contributed by atoms with E-state index in [1.807, 2.05) is 6.92 Å². The van der Waals surface area contributed by atoms with E-state index in [1.165, 1.54) is 31.2 Å². The van der Waals surface area contributed by atoms with Crippen LogP contribution in [0.25, 0.3) is 0 Å². The minimum absolute atomic E-state index is 0.379. The smallest absolute Gasteiger partial charge is 0.0438 e. The van der Waals surface area contributed by atoms with Crippen LogP contribution >= 0.6 is 11.6 Å². The molecule has 1 nitrogen and oxygen atoms in total. The highest BCUT2D eigenvalue weighted by atomic mass is 35.5. The first kappa shape index (κ1) is 16.5. The van der Waals surface area contributed by atoms with Crippen LogP contribution in [0.3, 0.4) is 0 Å². The molecule has 0 atom stereocenters. The van der Waals surface area contributed by atoms with Crippen LogP contribution in [-0.2, 0) is 6.54 Å². The van der Waals surface area contributed by atoms with E-state index in [2.05, 4.69) is 44.3 Å². The Kier molecular flexibility index (Phi) is 6.88. The van der Waals surface area contributed by atoms with Crippen molar-refractivity contribution in [1.29, 1.82) is 0 Å². The molecule has 2 heteroatoms. The standard InChI is InChI=1S/C17H28ClN/c1-5-6-7-10-17(3,4)13-19-12-15-9-8-14(2)16(18)11-15/h8-9,11,19H,5-7,10,12-13H2,1-4H3. The highest BCUT2D eigenvalue weighted by Crippen LogP contribution is 2.23. The minimum atomic E-state index is 0.379. The van der Waals surface area contributed by atoms with E-state index in [1.54, 1.807) is 0 Å². The SMILES string of the molecule is CCCCCC(C)(C)CNCc1ccc(C)c(Cl)c1. The Balaban J connectivity index is 2.34. The number of nitrogens with one attached hydrogen (secondary N) is 1. The lowest BCUT2D eigenvalue weighted by Gasteiger charge is -2.25. The molecule has 1 aromatic rings. The quantitative estimate of drug-likeness (QED) is 0.634. The van der Waals surface area contributed by atoms with E-state index < -0.39 is 0 Å². The number of hydrogen-bond donors (Lipinski definition) is 1. The Morgan fingerprint density at radius 2 is 1.95 bits per heavy atom. The summed E-state index contributed by atoms with van der Waals surface area (Å²) in [7, 11) is 0. The summed E-state index contributed by atoms with van der Waals surface area (Å²) < 4.78 is 0. The lowest BCUT2D eigenvalue weighted by molar-refractivity contribution is 0.302. The van der Waals surface area contributed by atoms with Gasteiger partial charge in [0.25, 0.3) is 0 Å². The fourth-order valence-electron chi connectivity index (χ4n) is 2.23. The van der Waals surface area contributed by atoms with Gasteiger partial charge >= 0.3 is 0 Å². The van der Waals surface area contributed by atoms with E-state index in [9.17, 15) is 0 Å². The summed E-state index contributed by atoms with van der Waals surface area (Å²) in [5.41, 5.74) is 2.79. The predicted molar refractivity (Wildman–Crippen MR) is 85.8 cm³/mol. The third-order valence-corrected chi connectivity index (χ3v) is 4.03. The van der Waals surface area contributed by atoms with Gasteiger partial charge in [-0.2, -0.15) is 0 Å². The van der Waals surface area contributed by atoms with E-state index in [0.29, 0.717) is 5.41 Å². The van der Waals surface area contributed by atoms with Crippen molar-refractivity contribution in [2.75, 3.05) is 6.54 Å². The van der Waals surface area contributed by atoms with E-state index >= 15 is 0 Å². The van der Waals surface area contributed by atoms with Gasteiger partial charge in [-0.15, -0.1) is 0 Å². The van der Waals surface area contributed by atoms with Gasteiger partial charge in [-0.3, -0.25) is 0 Å². The minimum Gasteiger partial charge on any atom is -0.312 e. The van der Waals surface area contributed by atoms with Crippen LogP contribution < -0.4 is 5.32 Å². The zero-order chi connectivity index (χ0) is 14.3. The van der Waals surface area contributed by atoms with Gasteiger partial charge in [-0.25, -0.2) is 0 Å². The maximum atomic E-state index is 6.14.